The highest BCUT2D eigenvalue weighted by Gasteiger charge is 2.21. The Bertz CT molecular complexity index is 637. The highest BCUT2D eigenvalue weighted by molar-refractivity contribution is 5.74. The fourth-order valence-electron chi connectivity index (χ4n) is 2.47. The van der Waals surface area contributed by atoms with Crippen molar-refractivity contribution in [1.82, 2.24) is 0 Å². The fraction of sp³-hybridized carbons (Fsp3) is 0.300. The lowest BCUT2D eigenvalue weighted by molar-refractivity contribution is -0.148. The lowest BCUT2D eigenvalue weighted by atomic mass is 9.95. The van der Waals surface area contributed by atoms with Crippen LogP contribution in [0.2, 0.25) is 0 Å². The standard InChI is InChI=1S/C20H22O4/c1-23-20(22)18(14-16-8-4-2-5-9-16)12-13-19(21)24-15-17-10-6-3-7-11-17/h2-11,18H,12-15H2,1H3. The van der Waals surface area contributed by atoms with Crippen LogP contribution >= 0.6 is 0 Å². The molecule has 0 saturated carbocycles. The van der Waals surface area contributed by atoms with Gasteiger partial charge in [0.05, 0.1) is 13.0 Å². The molecule has 0 N–H and O–H groups in total. The van der Waals surface area contributed by atoms with E-state index in [1.807, 2.05) is 60.7 Å². The summed E-state index contributed by atoms with van der Waals surface area (Å²) in [6.45, 7) is 0.251. The van der Waals surface area contributed by atoms with Gasteiger partial charge >= 0.3 is 11.9 Å². The minimum Gasteiger partial charge on any atom is -0.469 e. The summed E-state index contributed by atoms with van der Waals surface area (Å²) in [6, 6.07) is 19.2. The van der Waals surface area contributed by atoms with E-state index in [1.165, 1.54) is 7.11 Å². The summed E-state index contributed by atoms with van der Waals surface area (Å²) in [5.74, 6) is -0.947. The zero-order valence-electron chi connectivity index (χ0n) is 13.8. The highest BCUT2D eigenvalue weighted by atomic mass is 16.5. The molecule has 0 fully saturated rings. The predicted molar refractivity (Wildman–Crippen MR) is 91.1 cm³/mol. The van der Waals surface area contributed by atoms with Gasteiger partial charge < -0.3 is 9.47 Å². The molecule has 0 aliphatic heterocycles. The van der Waals surface area contributed by atoms with Crippen LogP contribution in [0, 0.1) is 5.92 Å². The van der Waals surface area contributed by atoms with E-state index >= 15 is 0 Å². The van der Waals surface area contributed by atoms with E-state index in [4.69, 9.17) is 9.47 Å². The summed E-state index contributed by atoms with van der Waals surface area (Å²) in [5, 5.41) is 0. The van der Waals surface area contributed by atoms with E-state index in [9.17, 15) is 9.59 Å². The topological polar surface area (TPSA) is 52.6 Å². The summed E-state index contributed by atoms with van der Waals surface area (Å²) in [6.07, 6.45) is 1.16. The molecule has 2 aromatic rings. The van der Waals surface area contributed by atoms with Crippen molar-refractivity contribution < 1.29 is 19.1 Å². The van der Waals surface area contributed by atoms with Gasteiger partial charge in [0.15, 0.2) is 0 Å². The fourth-order valence-corrected chi connectivity index (χ4v) is 2.47. The Kier molecular flexibility index (Phi) is 7.02. The van der Waals surface area contributed by atoms with Crippen LogP contribution in [0.15, 0.2) is 60.7 Å². The van der Waals surface area contributed by atoms with Crippen molar-refractivity contribution in [2.45, 2.75) is 25.9 Å². The molecule has 0 saturated heterocycles. The second kappa shape index (κ2) is 9.50. The van der Waals surface area contributed by atoms with Crippen LogP contribution in [0.4, 0.5) is 0 Å². The third-order valence-electron chi connectivity index (χ3n) is 3.80. The van der Waals surface area contributed by atoms with E-state index in [1.54, 1.807) is 0 Å². The quantitative estimate of drug-likeness (QED) is 0.696. The molecular weight excluding hydrogens is 304 g/mol. The number of carbonyl (C=O) groups excluding carboxylic acids is 2. The van der Waals surface area contributed by atoms with Crippen molar-refractivity contribution in [2.24, 2.45) is 5.92 Å². The van der Waals surface area contributed by atoms with Crippen molar-refractivity contribution in [3.05, 3.63) is 71.8 Å². The maximum absolute atomic E-state index is 11.9. The van der Waals surface area contributed by atoms with Crippen LogP contribution in [-0.2, 0) is 32.1 Å². The van der Waals surface area contributed by atoms with Gasteiger partial charge in [-0.25, -0.2) is 0 Å². The van der Waals surface area contributed by atoms with E-state index < -0.39 is 0 Å². The maximum Gasteiger partial charge on any atom is 0.309 e. The molecule has 0 aliphatic carbocycles. The summed E-state index contributed by atoms with van der Waals surface area (Å²) < 4.78 is 10.1. The van der Waals surface area contributed by atoms with E-state index in [-0.39, 0.29) is 30.9 Å². The van der Waals surface area contributed by atoms with Gasteiger partial charge in [0.1, 0.15) is 6.61 Å². The second-order valence-electron chi connectivity index (χ2n) is 5.59. The summed E-state index contributed by atoms with van der Waals surface area (Å²) in [4.78, 5) is 23.8. The Balaban J connectivity index is 1.83. The van der Waals surface area contributed by atoms with Crippen LogP contribution in [-0.4, -0.2) is 19.0 Å². The first-order valence-electron chi connectivity index (χ1n) is 8.00. The third-order valence-corrected chi connectivity index (χ3v) is 3.80. The van der Waals surface area contributed by atoms with E-state index in [0.717, 1.165) is 11.1 Å². The van der Waals surface area contributed by atoms with Crippen molar-refractivity contribution in [2.75, 3.05) is 7.11 Å². The number of carbonyl (C=O) groups is 2. The SMILES string of the molecule is COC(=O)C(CCC(=O)OCc1ccccc1)Cc1ccccc1. The Morgan fingerprint density at radius 1 is 0.917 bits per heavy atom. The molecule has 0 radical (unpaired) electrons. The lowest BCUT2D eigenvalue weighted by Gasteiger charge is -2.14. The Labute approximate surface area is 142 Å². The van der Waals surface area contributed by atoms with Gasteiger partial charge in [0, 0.05) is 6.42 Å². The van der Waals surface area contributed by atoms with E-state index in [0.29, 0.717) is 12.8 Å². The van der Waals surface area contributed by atoms with Gasteiger partial charge in [-0.15, -0.1) is 0 Å². The maximum atomic E-state index is 11.9. The number of hydrogen-bond acceptors (Lipinski definition) is 4. The number of benzene rings is 2. The molecule has 2 aromatic carbocycles. The molecule has 1 atom stereocenters. The third kappa shape index (κ3) is 5.88. The molecule has 4 nitrogen and oxygen atoms in total. The number of rotatable bonds is 8. The zero-order valence-corrected chi connectivity index (χ0v) is 13.8. The molecule has 0 aromatic heterocycles. The van der Waals surface area contributed by atoms with Gasteiger partial charge in [-0.2, -0.15) is 0 Å². The van der Waals surface area contributed by atoms with Gasteiger partial charge in [0.2, 0.25) is 0 Å². The van der Waals surface area contributed by atoms with Crippen LogP contribution in [0.25, 0.3) is 0 Å². The first kappa shape index (κ1) is 17.7. The molecule has 2 rings (SSSR count). The van der Waals surface area contributed by atoms with Gasteiger partial charge in [0.25, 0.3) is 0 Å². The molecule has 0 amide bonds. The molecule has 4 heteroatoms. The summed E-state index contributed by atoms with van der Waals surface area (Å²) in [7, 11) is 1.37. The zero-order chi connectivity index (χ0) is 17.2. The minimum atomic E-state index is -0.346. The van der Waals surface area contributed by atoms with E-state index in [2.05, 4.69) is 0 Å². The molecule has 24 heavy (non-hydrogen) atoms. The molecule has 0 spiro atoms. The first-order chi connectivity index (χ1) is 11.7. The average molecular weight is 326 g/mol. The van der Waals surface area contributed by atoms with Gasteiger partial charge in [-0.05, 0) is 24.0 Å². The number of hydrogen-bond donors (Lipinski definition) is 0. The predicted octanol–water partition coefficient (Wildman–Crippen LogP) is 3.54. The van der Waals surface area contributed by atoms with Crippen LogP contribution in [0.3, 0.4) is 0 Å². The highest BCUT2D eigenvalue weighted by Crippen LogP contribution is 2.16. The van der Waals surface area contributed by atoms with Crippen molar-refractivity contribution >= 4 is 11.9 Å². The van der Waals surface area contributed by atoms with Crippen LogP contribution in [0.1, 0.15) is 24.0 Å². The van der Waals surface area contributed by atoms with Crippen molar-refractivity contribution in [1.29, 1.82) is 0 Å². The molecule has 0 aliphatic rings. The number of ether oxygens (including phenoxy) is 2. The van der Waals surface area contributed by atoms with Crippen molar-refractivity contribution in [3.8, 4) is 0 Å². The Hall–Kier alpha value is -2.62. The number of methoxy groups -OCH3 is 1. The first-order valence-corrected chi connectivity index (χ1v) is 8.00. The van der Waals surface area contributed by atoms with Gasteiger partial charge in [-0.1, -0.05) is 60.7 Å². The average Bonchev–Trinajstić information content (AvgIpc) is 2.64. The monoisotopic (exact) mass is 326 g/mol. The minimum absolute atomic E-state index is 0.194. The number of esters is 2. The Morgan fingerprint density at radius 2 is 1.50 bits per heavy atom. The normalized spacial score (nSPS) is 11.5. The molecule has 0 bridgehead atoms. The lowest BCUT2D eigenvalue weighted by Crippen LogP contribution is -2.20. The molecule has 126 valence electrons. The summed E-state index contributed by atoms with van der Waals surface area (Å²) in [5.41, 5.74) is 1.99. The summed E-state index contributed by atoms with van der Waals surface area (Å²) >= 11 is 0. The van der Waals surface area contributed by atoms with Gasteiger partial charge in [-0.3, -0.25) is 9.59 Å². The molecular formula is C20H22O4. The molecule has 0 heterocycles. The Morgan fingerprint density at radius 3 is 2.08 bits per heavy atom. The van der Waals surface area contributed by atoms with Crippen molar-refractivity contribution in [3.63, 3.8) is 0 Å². The second-order valence-corrected chi connectivity index (χ2v) is 5.59. The molecule has 1 unspecified atom stereocenters. The van der Waals surface area contributed by atoms with Crippen LogP contribution in [0.5, 0.6) is 0 Å². The smallest absolute Gasteiger partial charge is 0.309 e. The largest absolute Gasteiger partial charge is 0.469 e. The van der Waals surface area contributed by atoms with Crippen LogP contribution < -0.4 is 0 Å².